The molecule has 0 spiro atoms. The van der Waals surface area contributed by atoms with Gasteiger partial charge in [0.15, 0.2) is 0 Å². The fourth-order valence-corrected chi connectivity index (χ4v) is 2.74. The molecule has 0 aliphatic carbocycles. The molecular formula is C24H26F2N2O4. The fraction of sp³-hybridized carbons (Fsp3) is 0.250. The Morgan fingerprint density at radius 1 is 0.594 bits per heavy atom. The average Bonchev–Trinajstić information content (AvgIpc) is 2.81. The molecule has 3 rings (SSSR count). The summed E-state index contributed by atoms with van der Waals surface area (Å²) in [4.78, 5) is 0. The highest BCUT2D eigenvalue weighted by Crippen LogP contribution is 2.18. The van der Waals surface area contributed by atoms with Gasteiger partial charge in [0.25, 0.3) is 0 Å². The van der Waals surface area contributed by atoms with Crippen LogP contribution in [0.1, 0.15) is 0 Å². The maximum atomic E-state index is 12.9. The summed E-state index contributed by atoms with van der Waals surface area (Å²) in [6.07, 6.45) is -1.50. The lowest BCUT2D eigenvalue weighted by Crippen LogP contribution is -2.26. The van der Waals surface area contributed by atoms with Crippen LogP contribution >= 0.6 is 0 Å². The molecule has 0 radical (unpaired) electrons. The molecule has 4 N–H and O–H groups in total. The number of ether oxygens (including phenoxy) is 2. The van der Waals surface area contributed by atoms with Crippen molar-refractivity contribution in [2.45, 2.75) is 12.2 Å². The molecule has 0 aromatic heterocycles. The van der Waals surface area contributed by atoms with Gasteiger partial charge in [-0.15, -0.1) is 0 Å². The predicted octanol–water partition coefficient (Wildman–Crippen LogP) is 3.67. The summed E-state index contributed by atoms with van der Waals surface area (Å²) >= 11 is 0. The molecule has 0 amide bonds. The van der Waals surface area contributed by atoms with E-state index in [1.54, 1.807) is 48.5 Å². The van der Waals surface area contributed by atoms with Gasteiger partial charge in [-0.2, -0.15) is 0 Å². The molecule has 0 unspecified atom stereocenters. The summed E-state index contributed by atoms with van der Waals surface area (Å²) in [5, 5.41) is 26.1. The van der Waals surface area contributed by atoms with E-state index in [1.165, 1.54) is 24.3 Å². The standard InChI is InChI=1S/C24H26F2N2O4/c25-17-1-5-19(6-2-17)27-13-21(29)15-31-23-9-11-24(12-10-23)32-16-22(30)14-28-20-7-3-18(26)4-8-20/h1-12,21-22,27-30H,13-16H2/t21-,22-/m1/s1. The average molecular weight is 444 g/mol. The van der Waals surface area contributed by atoms with Crippen LogP contribution in [0.5, 0.6) is 11.5 Å². The van der Waals surface area contributed by atoms with Crippen molar-refractivity contribution in [3.8, 4) is 11.5 Å². The highest BCUT2D eigenvalue weighted by molar-refractivity contribution is 5.43. The molecule has 0 heterocycles. The van der Waals surface area contributed by atoms with Crippen LogP contribution in [-0.2, 0) is 0 Å². The third kappa shape index (κ3) is 8.05. The second-order valence-electron chi connectivity index (χ2n) is 7.18. The van der Waals surface area contributed by atoms with Gasteiger partial charge in [-0.05, 0) is 72.8 Å². The molecular weight excluding hydrogens is 418 g/mol. The van der Waals surface area contributed by atoms with Crippen molar-refractivity contribution in [1.82, 2.24) is 0 Å². The number of hydrogen-bond donors (Lipinski definition) is 4. The van der Waals surface area contributed by atoms with Gasteiger partial charge in [0.2, 0.25) is 0 Å². The Labute approximate surface area is 185 Å². The van der Waals surface area contributed by atoms with Crippen LogP contribution < -0.4 is 20.1 Å². The number of anilines is 2. The first kappa shape index (κ1) is 23.3. The molecule has 0 aliphatic heterocycles. The van der Waals surface area contributed by atoms with E-state index in [-0.39, 0.29) is 37.9 Å². The molecule has 0 aliphatic rings. The van der Waals surface area contributed by atoms with E-state index in [0.717, 1.165) is 0 Å². The van der Waals surface area contributed by atoms with Crippen LogP contribution in [0, 0.1) is 11.6 Å². The number of aliphatic hydroxyl groups is 2. The van der Waals surface area contributed by atoms with Gasteiger partial charge in [-0.1, -0.05) is 0 Å². The Morgan fingerprint density at radius 2 is 0.938 bits per heavy atom. The van der Waals surface area contributed by atoms with E-state index in [1.807, 2.05) is 0 Å². The van der Waals surface area contributed by atoms with Crippen LogP contribution in [0.3, 0.4) is 0 Å². The monoisotopic (exact) mass is 444 g/mol. The zero-order chi connectivity index (χ0) is 22.8. The first-order valence-corrected chi connectivity index (χ1v) is 10.2. The van der Waals surface area contributed by atoms with Crippen LogP contribution in [0.25, 0.3) is 0 Å². The van der Waals surface area contributed by atoms with E-state index >= 15 is 0 Å². The number of rotatable bonds is 12. The van der Waals surface area contributed by atoms with Crippen molar-refractivity contribution in [3.05, 3.63) is 84.4 Å². The number of benzene rings is 3. The molecule has 0 saturated carbocycles. The van der Waals surface area contributed by atoms with Crippen LogP contribution in [-0.4, -0.2) is 48.7 Å². The first-order valence-electron chi connectivity index (χ1n) is 10.2. The zero-order valence-corrected chi connectivity index (χ0v) is 17.4. The van der Waals surface area contributed by atoms with Gasteiger partial charge in [-0.3, -0.25) is 0 Å². The van der Waals surface area contributed by atoms with Crippen molar-refractivity contribution in [1.29, 1.82) is 0 Å². The van der Waals surface area contributed by atoms with Crippen LogP contribution in [0.2, 0.25) is 0 Å². The smallest absolute Gasteiger partial charge is 0.123 e. The van der Waals surface area contributed by atoms with E-state index in [4.69, 9.17) is 9.47 Å². The minimum atomic E-state index is -0.750. The van der Waals surface area contributed by atoms with Crippen molar-refractivity contribution >= 4 is 11.4 Å². The Balaban J connectivity index is 1.33. The van der Waals surface area contributed by atoms with Gasteiger partial charge >= 0.3 is 0 Å². The highest BCUT2D eigenvalue weighted by Gasteiger charge is 2.08. The van der Waals surface area contributed by atoms with Crippen molar-refractivity contribution in [2.75, 3.05) is 36.9 Å². The lowest BCUT2D eigenvalue weighted by atomic mass is 10.3. The quantitative estimate of drug-likeness (QED) is 0.341. The Bertz CT molecular complexity index is 859. The molecule has 8 heteroatoms. The Hall–Kier alpha value is -3.36. The van der Waals surface area contributed by atoms with E-state index < -0.39 is 12.2 Å². The largest absolute Gasteiger partial charge is 0.491 e. The highest BCUT2D eigenvalue weighted by atomic mass is 19.1. The van der Waals surface area contributed by atoms with E-state index in [2.05, 4.69) is 10.6 Å². The molecule has 3 aromatic carbocycles. The Kier molecular flexibility index (Phi) is 8.65. The zero-order valence-electron chi connectivity index (χ0n) is 17.4. The minimum Gasteiger partial charge on any atom is -0.491 e. The summed E-state index contributed by atoms with van der Waals surface area (Å²) in [7, 11) is 0. The Morgan fingerprint density at radius 3 is 1.28 bits per heavy atom. The molecule has 0 fully saturated rings. The third-order valence-electron chi connectivity index (χ3n) is 4.48. The maximum absolute atomic E-state index is 12.9. The van der Waals surface area contributed by atoms with Gasteiger partial charge in [0.1, 0.15) is 48.6 Å². The van der Waals surface area contributed by atoms with Crippen LogP contribution in [0.4, 0.5) is 20.2 Å². The van der Waals surface area contributed by atoms with E-state index in [9.17, 15) is 19.0 Å². The normalized spacial score (nSPS) is 12.6. The lowest BCUT2D eigenvalue weighted by Gasteiger charge is -2.15. The summed E-state index contributed by atoms with van der Waals surface area (Å²) < 4.78 is 36.9. The number of halogens is 2. The van der Waals surface area contributed by atoms with Gasteiger partial charge in [0.05, 0.1) is 0 Å². The topological polar surface area (TPSA) is 83.0 Å². The lowest BCUT2D eigenvalue weighted by molar-refractivity contribution is 0.115. The van der Waals surface area contributed by atoms with Gasteiger partial charge < -0.3 is 30.3 Å². The number of aliphatic hydroxyl groups excluding tert-OH is 2. The summed E-state index contributed by atoms with van der Waals surface area (Å²) in [5.41, 5.74) is 1.42. The summed E-state index contributed by atoms with van der Waals surface area (Å²) in [6.45, 7) is 0.692. The van der Waals surface area contributed by atoms with Crippen molar-refractivity contribution in [2.24, 2.45) is 0 Å². The molecule has 3 aromatic rings. The van der Waals surface area contributed by atoms with Crippen LogP contribution in [0.15, 0.2) is 72.8 Å². The SMILES string of the molecule is O[C@H](CNc1ccc(F)cc1)COc1ccc(OC[C@H](O)CNc2ccc(F)cc2)cc1. The molecule has 0 bridgehead atoms. The fourth-order valence-electron chi connectivity index (χ4n) is 2.74. The number of hydrogen-bond acceptors (Lipinski definition) is 6. The van der Waals surface area contributed by atoms with Gasteiger partial charge in [0, 0.05) is 24.5 Å². The summed E-state index contributed by atoms with van der Waals surface area (Å²) in [6, 6.07) is 18.6. The molecule has 0 saturated heterocycles. The molecule has 170 valence electrons. The first-order chi connectivity index (χ1) is 15.5. The minimum absolute atomic E-state index is 0.0855. The predicted molar refractivity (Wildman–Crippen MR) is 119 cm³/mol. The number of nitrogens with one attached hydrogen (secondary N) is 2. The second-order valence-corrected chi connectivity index (χ2v) is 7.18. The molecule has 32 heavy (non-hydrogen) atoms. The second kappa shape index (κ2) is 11.9. The maximum Gasteiger partial charge on any atom is 0.123 e. The van der Waals surface area contributed by atoms with Crippen molar-refractivity contribution in [3.63, 3.8) is 0 Å². The molecule has 2 atom stereocenters. The van der Waals surface area contributed by atoms with Gasteiger partial charge in [-0.25, -0.2) is 8.78 Å². The third-order valence-corrected chi connectivity index (χ3v) is 4.48. The van der Waals surface area contributed by atoms with Crippen molar-refractivity contribution < 1.29 is 28.5 Å². The molecule has 6 nitrogen and oxygen atoms in total. The van der Waals surface area contributed by atoms with E-state index in [0.29, 0.717) is 22.9 Å². The summed E-state index contributed by atoms with van der Waals surface area (Å²) in [5.74, 6) is 0.500.